The molecule has 0 unspecified atom stereocenters. The highest BCUT2D eigenvalue weighted by Crippen LogP contribution is 2.36. The van der Waals surface area contributed by atoms with E-state index in [-0.39, 0.29) is 5.54 Å². The summed E-state index contributed by atoms with van der Waals surface area (Å²) in [5, 5.41) is 3.54. The minimum absolute atomic E-state index is 0.201. The molecule has 0 spiro atoms. The third kappa shape index (κ3) is 2.00. The van der Waals surface area contributed by atoms with Gasteiger partial charge in [0.25, 0.3) is 0 Å². The fourth-order valence-electron chi connectivity index (χ4n) is 2.46. The van der Waals surface area contributed by atoms with Crippen molar-refractivity contribution in [3.63, 3.8) is 0 Å². The molecule has 0 bridgehead atoms. The number of hydrogen-bond acceptors (Lipinski definition) is 2. The fraction of sp³-hybridized carbons (Fsp3) is 0.538. The number of benzene rings is 1. The molecule has 2 rings (SSSR count). The van der Waals surface area contributed by atoms with Crippen LogP contribution in [0.1, 0.15) is 31.7 Å². The Morgan fingerprint density at radius 3 is 2.80 bits per heavy atom. The van der Waals surface area contributed by atoms with E-state index in [2.05, 4.69) is 37.4 Å². The summed E-state index contributed by atoms with van der Waals surface area (Å²) < 4.78 is 5.26. The van der Waals surface area contributed by atoms with Crippen molar-refractivity contribution >= 4 is 0 Å². The van der Waals surface area contributed by atoms with Gasteiger partial charge in [0.15, 0.2) is 0 Å². The summed E-state index contributed by atoms with van der Waals surface area (Å²) in [7, 11) is 1.72. The smallest absolute Gasteiger partial charge is 0.119 e. The van der Waals surface area contributed by atoms with Crippen molar-refractivity contribution in [3.05, 3.63) is 29.8 Å². The summed E-state index contributed by atoms with van der Waals surface area (Å²) in [6.45, 7) is 5.64. The number of ether oxygens (including phenoxy) is 1. The molecule has 1 aromatic rings. The van der Waals surface area contributed by atoms with E-state index in [1.807, 2.05) is 6.07 Å². The first-order valence-corrected chi connectivity index (χ1v) is 5.52. The van der Waals surface area contributed by atoms with Crippen LogP contribution >= 0.6 is 0 Å². The Kier molecular flexibility index (Phi) is 2.70. The number of methoxy groups -OCH3 is 1. The first kappa shape index (κ1) is 10.5. The second-order valence-corrected chi connectivity index (χ2v) is 4.77. The summed E-state index contributed by atoms with van der Waals surface area (Å²) in [6.07, 6.45) is 1.21. The molecule has 1 aliphatic heterocycles. The van der Waals surface area contributed by atoms with E-state index in [1.54, 1.807) is 7.11 Å². The Morgan fingerprint density at radius 1 is 1.40 bits per heavy atom. The van der Waals surface area contributed by atoms with Crippen molar-refractivity contribution in [3.8, 4) is 5.75 Å². The van der Waals surface area contributed by atoms with Crippen LogP contribution in [0.25, 0.3) is 0 Å². The molecule has 1 atom stereocenters. The van der Waals surface area contributed by atoms with Gasteiger partial charge in [-0.05, 0) is 44.5 Å². The molecular weight excluding hydrogens is 186 g/mol. The van der Waals surface area contributed by atoms with Crippen molar-refractivity contribution in [2.75, 3.05) is 13.7 Å². The van der Waals surface area contributed by atoms with E-state index in [4.69, 9.17) is 4.74 Å². The largest absolute Gasteiger partial charge is 0.497 e. The quantitative estimate of drug-likeness (QED) is 0.801. The van der Waals surface area contributed by atoms with E-state index in [0.29, 0.717) is 5.92 Å². The van der Waals surface area contributed by atoms with Crippen LogP contribution in [0, 0.1) is 0 Å². The van der Waals surface area contributed by atoms with Gasteiger partial charge in [0.05, 0.1) is 7.11 Å². The standard InChI is InChI=1S/C13H19NO/c1-13(2)12(7-8-14-13)10-5-4-6-11(9-10)15-3/h4-6,9,12,14H,7-8H2,1-3H3/t12-/m0/s1. The lowest BCUT2D eigenvalue weighted by molar-refractivity contribution is 0.401. The lowest BCUT2D eigenvalue weighted by Gasteiger charge is -2.27. The molecule has 0 aliphatic carbocycles. The summed E-state index contributed by atoms with van der Waals surface area (Å²) >= 11 is 0. The maximum absolute atomic E-state index is 5.26. The van der Waals surface area contributed by atoms with Gasteiger partial charge in [-0.15, -0.1) is 0 Å². The average molecular weight is 205 g/mol. The van der Waals surface area contributed by atoms with Crippen LogP contribution in [0.5, 0.6) is 5.75 Å². The van der Waals surface area contributed by atoms with E-state index in [0.717, 1.165) is 12.3 Å². The molecule has 1 heterocycles. The highest BCUT2D eigenvalue weighted by Gasteiger charge is 2.34. The van der Waals surface area contributed by atoms with Crippen molar-refractivity contribution < 1.29 is 4.74 Å². The topological polar surface area (TPSA) is 21.3 Å². The highest BCUT2D eigenvalue weighted by atomic mass is 16.5. The Bertz CT molecular complexity index is 346. The van der Waals surface area contributed by atoms with E-state index >= 15 is 0 Å². The maximum atomic E-state index is 5.26. The van der Waals surface area contributed by atoms with Gasteiger partial charge in [-0.3, -0.25) is 0 Å². The Balaban J connectivity index is 2.29. The second kappa shape index (κ2) is 3.86. The van der Waals surface area contributed by atoms with Gasteiger partial charge in [-0.25, -0.2) is 0 Å². The number of rotatable bonds is 2. The summed E-state index contributed by atoms with van der Waals surface area (Å²) in [5.41, 5.74) is 1.58. The zero-order valence-electron chi connectivity index (χ0n) is 9.71. The normalized spacial score (nSPS) is 24.1. The Morgan fingerprint density at radius 2 is 2.20 bits per heavy atom. The molecule has 0 amide bonds. The minimum atomic E-state index is 0.201. The second-order valence-electron chi connectivity index (χ2n) is 4.77. The van der Waals surface area contributed by atoms with E-state index in [9.17, 15) is 0 Å². The molecule has 1 saturated heterocycles. The first-order chi connectivity index (χ1) is 7.13. The van der Waals surface area contributed by atoms with Gasteiger partial charge in [-0.1, -0.05) is 12.1 Å². The van der Waals surface area contributed by atoms with Crippen LogP contribution in [0.15, 0.2) is 24.3 Å². The maximum Gasteiger partial charge on any atom is 0.119 e. The van der Waals surface area contributed by atoms with E-state index in [1.165, 1.54) is 12.0 Å². The molecule has 0 saturated carbocycles. The summed E-state index contributed by atoms with van der Waals surface area (Å²) in [6, 6.07) is 8.42. The van der Waals surface area contributed by atoms with Crippen molar-refractivity contribution in [2.45, 2.75) is 31.7 Å². The number of nitrogens with one attached hydrogen (secondary N) is 1. The first-order valence-electron chi connectivity index (χ1n) is 5.52. The zero-order chi connectivity index (χ0) is 10.9. The minimum Gasteiger partial charge on any atom is -0.497 e. The van der Waals surface area contributed by atoms with Gasteiger partial charge in [-0.2, -0.15) is 0 Å². The Labute approximate surface area is 91.6 Å². The molecule has 15 heavy (non-hydrogen) atoms. The average Bonchev–Trinajstić information content (AvgIpc) is 2.58. The zero-order valence-corrected chi connectivity index (χ0v) is 9.71. The predicted octanol–water partition coefficient (Wildman–Crippen LogP) is 2.55. The third-order valence-electron chi connectivity index (χ3n) is 3.38. The van der Waals surface area contributed by atoms with Gasteiger partial charge in [0, 0.05) is 11.5 Å². The lowest BCUT2D eigenvalue weighted by atomic mass is 9.83. The van der Waals surface area contributed by atoms with Gasteiger partial charge in [0.2, 0.25) is 0 Å². The molecule has 0 radical (unpaired) electrons. The molecule has 0 aromatic heterocycles. The van der Waals surface area contributed by atoms with Crippen LogP contribution in [0.3, 0.4) is 0 Å². The molecule has 1 N–H and O–H groups in total. The Hall–Kier alpha value is -1.02. The predicted molar refractivity (Wildman–Crippen MR) is 62.4 cm³/mol. The van der Waals surface area contributed by atoms with Gasteiger partial charge >= 0.3 is 0 Å². The molecule has 82 valence electrons. The molecular formula is C13H19NO. The fourth-order valence-corrected chi connectivity index (χ4v) is 2.46. The van der Waals surface area contributed by atoms with E-state index < -0.39 is 0 Å². The SMILES string of the molecule is COc1cccc([C@@H]2CCNC2(C)C)c1. The van der Waals surface area contributed by atoms with Crippen molar-refractivity contribution in [1.82, 2.24) is 5.32 Å². The monoisotopic (exact) mass is 205 g/mol. The molecule has 2 heteroatoms. The van der Waals surface area contributed by atoms with Crippen LogP contribution in [-0.4, -0.2) is 19.2 Å². The third-order valence-corrected chi connectivity index (χ3v) is 3.38. The summed E-state index contributed by atoms with van der Waals surface area (Å²) in [4.78, 5) is 0. The van der Waals surface area contributed by atoms with Gasteiger partial charge < -0.3 is 10.1 Å². The summed E-state index contributed by atoms with van der Waals surface area (Å²) in [5.74, 6) is 1.54. The van der Waals surface area contributed by atoms with Gasteiger partial charge in [0.1, 0.15) is 5.75 Å². The van der Waals surface area contributed by atoms with Crippen LogP contribution in [-0.2, 0) is 0 Å². The van der Waals surface area contributed by atoms with Crippen molar-refractivity contribution in [1.29, 1.82) is 0 Å². The molecule has 2 nitrogen and oxygen atoms in total. The number of hydrogen-bond donors (Lipinski definition) is 1. The van der Waals surface area contributed by atoms with Crippen molar-refractivity contribution in [2.24, 2.45) is 0 Å². The van der Waals surface area contributed by atoms with Crippen LogP contribution in [0.4, 0.5) is 0 Å². The van der Waals surface area contributed by atoms with Crippen LogP contribution < -0.4 is 10.1 Å². The highest BCUT2D eigenvalue weighted by molar-refractivity contribution is 5.33. The molecule has 1 aliphatic rings. The van der Waals surface area contributed by atoms with Crippen LogP contribution in [0.2, 0.25) is 0 Å². The lowest BCUT2D eigenvalue weighted by Crippen LogP contribution is -2.36. The molecule has 1 fully saturated rings. The molecule has 1 aromatic carbocycles.